The van der Waals surface area contributed by atoms with Gasteiger partial charge in [0, 0.05) is 76.2 Å². The van der Waals surface area contributed by atoms with Gasteiger partial charge in [0.2, 0.25) is 11.6 Å². The van der Waals surface area contributed by atoms with Gasteiger partial charge in [-0.1, -0.05) is 11.6 Å². The number of piperidine rings is 1. The van der Waals surface area contributed by atoms with E-state index in [2.05, 4.69) is 47.1 Å². The first kappa shape index (κ1) is 28.4. The second kappa shape index (κ2) is 12.1. The molecule has 4 heterocycles. The van der Waals surface area contributed by atoms with E-state index in [1.807, 2.05) is 12.1 Å². The summed E-state index contributed by atoms with van der Waals surface area (Å²) < 4.78 is 3.38. The van der Waals surface area contributed by atoms with E-state index in [-0.39, 0.29) is 29.2 Å². The molecule has 0 bridgehead atoms. The number of hydrogen-bond acceptors (Lipinski definition) is 7. The van der Waals surface area contributed by atoms with Crippen molar-refractivity contribution < 1.29 is 9.59 Å². The molecule has 2 aliphatic rings. The lowest BCUT2D eigenvalue weighted by Crippen LogP contribution is -2.52. The van der Waals surface area contributed by atoms with Crippen LogP contribution in [-0.4, -0.2) is 88.1 Å². The molecule has 214 valence electrons. The number of piperazine rings is 1. The Hall–Kier alpha value is -4.18. The Kier molecular flexibility index (Phi) is 8.39. The number of aromatic nitrogens is 3. The summed E-state index contributed by atoms with van der Waals surface area (Å²) in [5, 5.41) is 0.777. The topological polar surface area (TPSA) is 94.6 Å². The van der Waals surface area contributed by atoms with Crippen molar-refractivity contribution >= 4 is 46.8 Å². The zero-order valence-corrected chi connectivity index (χ0v) is 23.9. The number of carbonyl (C=O) groups is 2. The molecule has 1 amide bonds. The fraction of sp³-hybridized carbons (Fsp3) is 0.419. The van der Waals surface area contributed by atoms with Crippen LogP contribution >= 0.6 is 0 Å². The van der Waals surface area contributed by atoms with Crippen LogP contribution in [0.4, 0.5) is 17.3 Å². The highest BCUT2D eigenvalue weighted by Gasteiger charge is 2.26. The number of benzene rings is 1. The molecule has 5 rings (SSSR count). The van der Waals surface area contributed by atoms with E-state index in [9.17, 15) is 14.4 Å². The number of pyridine rings is 1. The average Bonchev–Trinajstić information content (AvgIpc) is 3.01. The first-order valence-electron chi connectivity index (χ1n) is 14.2. The third-order valence-corrected chi connectivity index (χ3v) is 8.42. The number of fused-ring (bicyclic) bond motifs is 1. The lowest BCUT2D eigenvalue weighted by Gasteiger charge is -2.37. The zero-order chi connectivity index (χ0) is 29.1. The molecule has 0 aliphatic carbocycles. The van der Waals surface area contributed by atoms with Crippen LogP contribution in [0, 0.1) is 5.92 Å². The number of amides is 1. The van der Waals surface area contributed by atoms with Gasteiger partial charge in [-0.2, -0.15) is 0 Å². The average molecular weight is 557 g/mol. The summed E-state index contributed by atoms with van der Waals surface area (Å²) >= 11 is 0. The summed E-state index contributed by atoms with van der Waals surface area (Å²) in [5.41, 5.74) is 2.38. The molecule has 0 N–H and O–H groups in total. The van der Waals surface area contributed by atoms with Gasteiger partial charge in [-0.05, 0) is 68.1 Å². The SMILES string of the molecule is C=CC(=O)N1CCN(C(C)Cn2c(=O)ccc3cnc([N+](=C)c4ccc(N5CCC(C(C)=O)CC5)cc4)nc32)CC1. The Morgan fingerprint density at radius 1 is 1.05 bits per heavy atom. The Morgan fingerprint density at radius 3 is 2.37 bits per heavy atom. The van der Waals surface area contributed by atoms with Crippen LogP contribution in [0.3, 0.4) is 0 Å². The van der Waals surface area contributed by atoms with Crippen LogP contribution in [0.1, 0.15) is 26.7 Å². The van der Waals surface area contributed by atoms with Gasteiger partial charge in [-0.15, -0.1) is 0 Å². The maximum absolute atomic E-state index is 13.0. The van der Waals surface area contributed by atoms with Crippen LogP contribution in [-0.2, 0) is 16.1 Å². The Balaban J connectivity index is 1.31. The lowest BCUT2D eigenvalue weighted by atomic mass is 9.93. The lowest BCUT2D eigenvalue weighted by molar-refractivity contribution is -0.128. The van der Waals surface area contributed by atoms with Crippen molar-refractivity contribution in [1.29, 1.82) is 0 Å². The summed E-state index contributed by atoms with van der Waals surface area (Å²) in [6, 6.07) is 11.5. The number of rotatable bonds is 8. The van der Waals surface area contributed by atoms with Crippen molar-refractivity contribution in [1.82, 2.24) is 28.9 Å². The quantitative estimate of drug-likeness (QED) is 0.239. The smallest absolute Gasteiger partial charge is 0.371 e. The molecule has 1 unspecified atom stereocenters. The number of nitrogens with zero attached hydrogens (tertiary/aromatic N) is 7. The summed E-state index contributed by atoms with van der Waals surface area (Å²) in [6.07, 6.45) is 4.85. The summed E-state index contributed by atoms with van der Waals surface area (Å²) in [4.78, 5) is 52.4. The molecular formula is C31H38N7O3+. The molecule has 10 heteroatoms. The van der Waals surface area contributed by atoms with E-state index in [4.69, 9.17) is 4.98 Å². The first-order valence-corrected chi connectivity index (χ1v) is 14.2. The summed E-state index contributed by atoms with van der Waals surface area (Å²) in [5.74, 6) is 0.803. The fourth-order valence-electron chi connectivity index (χ4n) is 5.76. The molecule has 0 spiro atoms. The standard InChI is InChI=1S/C31H38N7O3/c1-5-28(40)37-18-16-35(17-19-37)22(2)21-38-29(41)11-6-25-20-32-31(33-30(25)38)34(4)26-7-9-27(10-8-26)36-14-12-24(13-15-36)23(3)39/h5-11,20,22,24H,1,4,12-19,21H2,2-3H3/q+1. The minimum Gasteiger partial charge on any atom is -0.371 e. The second-order valence-corrected chi connectivity index (χ2v) is 11.0. The van der Waals surface area contributed by atoms with Crippen LogP contribution in [0.2, 0.25) is 0 Å². The van der Waals surface area contributed by atoms with Crippen molar-refractivity contribution in [2.24, 2.45) is 5.92 Å². The molecule has 2 saturated heterocycles. The highest BCUT2D eigenvalue weighted by atomic mass is 16.2. The van der Waals surface area contributed by atoms with Crippen molar-refractivity contribution in [3.63, 3.8) is 0 Å². The number of ketones is 1. The van der Waals surface area contributed by atoms with E-state index in [0.29, 0.717) is 31.2 Å². The minimum atomic E-state index is -0.122. The van der Waals surface area contributed by atoms with E-state index in [0.717, 1.165) is 55.8 Å². The molecule has 1 aromatic carbocycles. The number of hydrogen-bond donors (Lipinski definition) is 0. The molecule has 2 fully saturated rings. The van der Waals surface area contributed by atoms with Gasteiger partial charge < -0.3 is 9.80 Å². The van der Waals surface area contributed by atoms with E-state index < -0.39 is 0 Å². The van der Waals surface area contributed by atoms with E-state index in [1.54, 1.807) is 39.3 Å². The van der Waals surface area contributed by atoms with Gasteiger partial charge in [-0.3, -0.25) is 23.9 Å². The van der Waals surface area contributed by atoms with Gasteiger partial charge in [0.05, 0.1) is 5.39 Å². The fourth-order valence-corrected chi connectivity index (χ4v) is 5.76. The molecule has 0 radical (unpaired) electrons. The highest BCUT2D eigenvalue weighted by Crippen LogP contribution is 2.27. The van der Waals surface area contributed by atoms with Crippen LogP contribution < -0.4 is 15.0 Å². The molecule has 2 aromatic heterocycles. The third-order valence-electron chi connectivity index (χ3n) is 8.42. The normalized spacial score (nSPS) is 17.4. The predicted molar refractivity (Wildman–Crippen MR) is 162 cm³/mol. The Morgan fingerprint density at radius 2 is 1.73 bits per heavy atom. The van der Waals surface area contributed by atoms with E-state index >= 15 is 0 Å². The molecule has 0 saturated carbocycles. The molecule has 10 nitrogen and oxygen atoms in total. The first-order chi connectivity index (χ1) is 19.7. The zero-order valence-electron chi connectivity index (χ0n) is 23.9. The third kappa shape index (κ3) is 6.12. The molecule has 41 heavy (non-hydrogen) atoms. The van der Waals surface area contributed by atoms with Crippen LogP contribution in [0.5, 0.6) is 0 Å². The van der Waals surface area contributed by atoms with Crippen molar-refractivity contribution in [3.8, 4) is 0 Å². The monoisotopic (exact) mass is 556 g/mol. The maximum atomic E-state index is 13.0. The number of Topliss-reactive ketones (excluding diaryl/α,β-unsaturated/α-hetero) is 1. The van der Waals surface area contributed by atoms with Crippen LogP contribution in [0.25, 0.3) is 11.0 Å². The van der Waals surface area contributed by atoms with E-state index in [1.165, 1.54) is 6.08 Å². The Bertz CT molecular complexity index is 1510. The highest BCUT2D eigenvalue weighted by molar-refractivity contribution is 5.87. The van der Waals surface area contributed by atoms with Crippen molar-refractivity contribution in [2.75, 3.05) is 44.2 Å². The van der Waals surface area contributed by atoms with Crippen molar-refractivity contribution in [3.05, 3.63) is 65.6 Å². The number of carbonyl (C=O) groups excluding carboxylic acids is 2. The van der Waals surface area contributed by atoms with Gasteiger partial charge >= 0.3 is 5.95 Å². The van der Waals surface area contributed by atoms with Gasteiger partial charge in [0.1, 0.15) is 17.7 Å². The largest absolute Gasteiger partial charge is 0.439 e. The molecular weight excluding hydrogens is 518 g/mol. The maximum Gasteiger partial charge on any atom is 0.439 e. The second-order valence-electron chi connectivity index (χ2n) is 11.0. The summed E-state index contributed by atoms with van der Waals surface area (Å²) in [6.45, 7) is 16.5. The van der Waals surface area contributed by atoms with Crippen LogP contribution in [0.15, 0.2) is 60.0 Å². The predicted octanol–water partition coefficient (Wildman–Crippen LogP) is 2.85. The molecule has 1 atom stereocenters. The summed E-state index contributed by atoms with van der Waals surface area (Å²) in [7, 11) is 0. The minimum absolute atomic E-state index is 0.0477. The van der Waals surface area contributed by atoms with Gasteiger partial charge in [0.25, 0.3) is 5.56 Å². The van der Waals surface area contributed by atoms with Crippen molar-refractivity contribution in [2.45, 2.75) is 39.3 Å². The molecule has 2 aliphatic heterocycles. The number of anilines is 1. The Labute approximate surface area is 240 Å². The molecule has 3 aromatic rings. The van der Waals surface area contributed by atoms with Gasteiger partial charge in [0.15, 0.2) is 0 Å². The van der Waals surface area contributed by atoms with Gasteiger partial charge in [-0.25, -0.2) is 4.58 Å².